The molecule has 2 aromatic carbocycles. The van der Waals surface area contributed by atoms with Gasteiger partial charge < -0.3 is 24.1 Å². The SMILES string of the molecule is COc1cc(/C=c2\sc3n(c2=O)C(c2ccc(OCCC(C)C)c(OC)c2)C(C(=O)OC(C)C)=C(C)N=3)ccc1O. The normalized spacial score (nSPS) is 15.1. The lowest BCUT2D eigenvalue weighted by molar-refractivity contribution is -0.143. The summed E-state index contributed by atoms with van der Waals surface area (Å²) < 4.78 is 24.4. The number of aromatic nitrogens is 1. The predicted molar refractivity (Wildman–Crippen MR) is 158 cm³/mol. The Bertz CT molecular complexity index is 1650. The average molecular weight is 581 g/mol. The molecule has 4 rings (SSSR count). The van der Waals surface area contributed by atoms with Gasteiger partial charge in [-0.05, 0) is 74.6 Å². The van der Waals surface area contributed by atoms with E-state index in [1.165, 1.54) is 29.1 Å². The number of phenolic OH excluding ortho intramolecular Hbond substituents is 1. The van der Waals surface area contributed by atoms with Crippen molar-refractivity contribution in [1.82, 2.24) is 4.57 Å². The Morgan fingerprint density at radius 3 is 2.46 bits per heavy atom. The summed E-state index contributed by atoms with van der Waals surface area (Å²) in [6.45, 7) is 10.1. The van der Waals surface area contributed by atoms with Gasteiger partial charge in [-0.1, -0.05) is 37.3 Å². The van der Waals surface area contributed by atoms with Gasteiger partial charge in [0.15, 0.2) is 27.8 Å². The van der Waals surface area contributed by atoms with Gasteiger partial charge in [-0.3, -0.25) is 9.36 Å². The molecule has 10 heteroatoms. The quantitative estimate of drug-likeness (QED) is 0.356. The molecule has 0 fully saturated rings. The smallest absolute Gasteiger partial charge is 0.338 e. The van der Waals surface area contributed by atoms with E-state index >= 15 is 0 Å². The van der Waals surface area contributed by atoms with Gasteiger partial charge >= 0.3 is 5.97 Å². The van der Waals surface area contributed by atoms with Crippen LogP contribution in [0.1, 0.15) is 58.2 Å². The van der Waals surface area contributed by atoms with E-state index < -0.39 is 12.0 Å². The molecule has 3 aromatic rings. The zero-order valence-electron chi connectivity index (χ0n) is 24.4. The summed E-state index contributed by atoms with van der Waals surface area (Å²) >= 11 is 1.21. The van der Waals surface area contributed by atoms with Crippen LogP contribution in [0.15, 0.2) is 57.5 Å². The molecule has 1 atom stereocenters. The number of rotatable bonds is 10. The van der Waals surface area contributed by atoms with Gasteiger partial charge in [-0.2, -0.15) is 0 Å². The number of methoxy groups -OCH3 is 2. The summed E-state index contributed by atoms with van der Waals surface area (Å²) in [5.41, 5.74) is 1.75. The molecule has 1 unspecified atom stereocenters. The molecule has 1 aromatic heterocycles. The Hall–Kier alpha value is -4.05. The van der Waals surface area contributed by atoms with Gasteiger partial charge in [0.05, 0.1) is 48.8 Å². The van der Waals surface area contributed by atoms with E-state index in [2.05, 4.69) is 18.8 Å². The minimum atomic E-state index is -0.799. The fraction of sp³-hybridized carbons (Fsp3) is 0.387. The van der Waals surface area contributed by atoms with Crippen LogP contribution in [0, 0.1) is 5.92 Å². The first-order chi connectivity index (χ1) is 19.5. The summed E-state index contributed by atoms with van der Waals surface area (Å²) in [4.78, 5) is 32.4. The van der Waals surface area contributed by atoms with Crippen molar-refractivity contribution in [3.05, 3.63) is 78.5 Å². The number of thiazole rings is 1. The molecule has 0 radical (unpaired) electrons. The fourth-order valence-electron chi connectivity index (χ4n) is 4.49. The first kappa shape index (κ1) is 29.9. The second-order valence-electron chi connectivity index (χ2n) is 10.4. The van der Waals surface area contributed by atoms with Crippen LogP contribution in [0.25, 0.3) is 6.08 Å². The number of carbonyl (C=O) groups is 1. The molecule has 0 spiro atoms. The van der Waals surface area contributed by atoms with E-state index in [1.54, 1.807) is 58.2 Å². The third-order valence-electron chi connectivity index (χ3n) is 6.54. The number of hydrogen-bond donors (Lipinski definition) is 1. The van der Waals surface area contributed by atoms with Gasteiger partial charge in [-0.15, -0.1) is 0 Å². The van der Waals surface area contributed by atoms with Gasteiger partial charge in [0.1, 0.15) is 0 Å². The van der Waals surface area contributed by atoms with Crippen LogP contribution in [0.5, 0.6) is 23.0 Å². The molecule has 0 aliphatic carbocycles. The highest BCUT2D eigenvalue weighted by Crippen LogP contribution is 2.36. The van der Waals surface area contributed by atoms with Crippen LogP contribution >= 0.6 is 11.3 Å². The number of fused-ring (bicyclic) bond motifs is 1. The number of aromatic hydroxyl groups is 1. The van der Waals surface area contributed by atoms with Crippen molar-refractivity contribution < 1.29 is 28.8 Å². The Kier molecular flexibility index (Phi) is 9.22. The van der Waals surface area contributed by atoms with Crippen molar-refractivity contribution in [2.45, 2.75) is 53.2 Å². The van der Waals surface area contributed by atoms with Crippen LogP contribution < -0.4 is 29.1 Å². The second-order valence-corrected chi connectivity index (χ2v) is 11.4. The first-order valence-electron chi connectivity index (χ1n) is 13.4. The maximum Gasteiger partial charge on any atom is 0.338 e. The molecule has 41 heavy (non-hydrogen) atoms. The van der Waals surface area contributed by atoms with Crippen molar-refractivity contribution in [2.75, 3.05) is 20.8 Å². The van der Waals surface area contributed by atoms with E-state index in [4.69, 9.17) is 18.9 Å². The summed E-state index contributed by atoms with van der Waals surface area (Å²) in [6, 6.07) is 9.46. The summed E-state index contributed by atoms with van der Waals surface area (Å²) in [7, 11) is 3.02. The molecule has 1 aliphatic rings. The molecule has 0 saturated heterocycles. The van der Waals surface area contributed by atoms with E-state index in [0.717, 1.165) is 6.42 Å². The molecule has 1 N–H and O–H groups in total. The third kappa shape index (κ3) is 6.48. The summed E-state index contributed by atoms with van der Waals surface area (Å²) in [5, 5.41) is 9.97. The number of nitrogens with zero attached hydrogens (tertiary/aromatic N) is 2. The standard InChI is InChI=1S/C31H36N2O7S/c1-17(2)12-13-39-23-11-9-21(16-25(23)38-7)28-27(30(36)40-18(3)4)19(5)32-31-33(28)29(35)26(41-31)15-20-8-10-22(34)24(14-20)37-6/h8-11,14-18,28,34H,12-13H2,1-7H3/b26-15-. The van der Waals surface area contributed by atoms with Gasteiger partial charge in [0.25, 0.3) is 5.56 Å². The molecule has 0 bridgehead atoms. The maximum atomic E-state index is 13.9. The van der Waals surface area contributed by atoms with Gasteiger partial charge in [0.2, 0.25) is 0 Å². The molecule has 9 nitrogen and oxygen atoms in total. The van der Waals surface area contributed by atoms with Crippen molar-refractivity contribution in [3.63, 3.8) is 0 Å². The van der Waals surface area contributed by atoms with Crippen molar-refractivity contribution in [3.8, 4) is 23.0 Å². The lowest BCUT2D eigenvalue weighted by Crippen LogP contribution is -2.40. The zero-order chi connectivity index (χ0) is 29.8. The largest absolute Gasteiger partial charge is 0.504 e. The highest BCUT2D eigenvalue weighted by Gasteiger charge is 2.34. The highest BCUT2D eigenvalue weighted by atomic mass is 32.1. The lowest BCUT2D eigenvalue weighted by atomic mass is 9.95. The Balaban J connectivity index is 1.88. The van der Waals surface area contributed by atoms with Crippen LogP contribution in [0.4, 0.5) is 0 Å². The predicted octanol–water partition coefficient (Wildman–Crippen LogP) is 4.33. The number of ether oxygens (including phenoxy) is 4. The highest BCUT2D eigenvalue weighted by molar-refractivity contribution is 7.07. The molecular formula is C31H36N2O7S. The fourth-order valence-corrected chi connectivity index (χ4v) is 5.54. The molecule has 218 valence electrons. The number of phenols is 1. The Labute approximate surface area is 243 Å². The first-order valence-corrected chi connectivity index (χ1v) is 14.3. The maximum absolute atomic E-state index is 13.9. The number of benzene rings is 2. The molecule has 0 saturated carbocycles. The minimum absolute atomic E-state index is 0.000575. The Morgan fingerprint density at radius 2 is 1.80 bits per heavy atom. The van der Waals surface area contributed by atoms with Crippen LogP contribution in [-0.2, 0) is 9.53 Å². The second kappa shape index (κ2) is 12.6. The van der Waals surface area contributed by atoms with E-state index in [0.29, 0.717) is 55.9 Å². The van der Waals surface area contributed by atoms with Crippen molar-refractivity contribution in [2.24, 2.45) is 10.9 Å². The van der Waals surface area contributed by atoms with Crippen LogP contribution in [0.2, 0.25) is 0 Å². The van der Waals surface area contributed by atoms with Crippen molar-refractivity contribution >= 4 is 23.4 Å². The third-order valence-corrected chi connectivity index (χ3v) is 7.53. The lowest BCUT2D eigenvalue weighted by Gasteiger charge is -2.26. The molecule has 0 amide bonds. The molecule has 2 heterocycles. The van der Waals surface area contributed by atoms with Gasteiger partial charge in [0, 0.05) is 0 Å². The minimum Gasteiger partial charge on any atom is -0.504 e. The van der Waals surface area contributed by atoms with E-state index in [9.17, 15) is 14.7 Å². The number of allylic oxidation sites excluding steroid dienone is 1. The topological polar surface area (TPSA) is 109 Å². The zero-order valence-corrected chi connectivity index (χ0v) is 25.2. The van der Waals surface area contributed by atoms with Crippen LogP contribution in [0.3, 0.4) is 0 Å². The van der Waals surface area contributed by atoms with Crippen molar-refractivity contribution in [1.29, 1.82) is 0 Å². The monoisotopic (exact) mass is 580 g/mol. The Morgan fingerprint density at radius 1 is 1.07 bits per heavy atom. The van der Waals surface area contributed by atoms with E-state index in [1.807, 2.05) is 6.07 Å². The number of carbonyl (C=O) groups excluding carboxylic acids is 1. The molecular weight excluding hydrogens is 544 g/mol. The van der Waals surface area contributed by atoms with Gasteiger partial charge in [-0.25, -0.2) is 9.79 Å². The van der Waals surface area contributed by atoms with E-state index in [-0.39, 0.29) is 23.0 Å². The summed E-state index contributed by atoms with van der Waals surface area (Å²) in [6.07, 6.45) is 2.24. The number of hydrogen-bond acceptors (Lipinski definition) is 9. The van der Waals surface area contributed by atoms with Crippen LogP contribution in [-0.4, -0.2) is 42.6 Å². The summed E-state index contributed by atoms with van der Waals surface area (Å²) in [5.74, 6) is 1.32. The number of esters is 1. The average Bonchev–Trinajstić information content (AvgIpc) is 3.22. The molecule has 1 aliphatic heterocycles.